The number of amides is 2. The highest BCUT2D eigenvalue weighted by Gasteiger charge is 2.41. The monoisotopic (exact) mass is 523 g/mol. The minimum Gasteiger partial charge on any atom is -0.497 e. The fourth-order valence-corrected chi connectivity index (χ4v) is 5.92. The Labute approximate surface area is 214 Å². The van der Waals surface area contributed by atoms with E-state index in [1.165, 1.54) is 17.0 Å². The molecule has 10 heteroatoms. The van der Waals surface area contributed by atoms with Gasteiger partial charge in [-0.3, -0.25) is 14.5 Å². The predicted molar refractivity (Wildman–Crippen MR) is 142 cm³/mol. The molecule has 4 rings (SSSR count). The molecule has 3 aromatic rings. The van der Waals surface area contributed by atoms with Crippen LogP contribution in [0.5, 0.6) is 5.75 Å². The summed E-state index contributed by atoms with van der Waals surface area (Å²) in [6, 6.07) is 22.0. The van der Waals surface area contributed by atoms with E-state index in [4.69, 9.17) is 4.74 Å². The maximum Gasteiger partial charge on any atom is 0.284 e. The summed E-state index contributed by atoms with van der Waals surface area (Å²) in [7, 11) is -2.53. The molecule has 186 valence electrons. The van der Waals surface area contributed by atoms with E-state index in [9.17, 15) is 18.0 Å². The van der Waals surface area contributed by atoms with Crippen LogP contribution in [0, 0.1) is 0 Å². The summed E-state index contributed by atoms with van der Waals surface area (Å²) < 4.78 is 35.3. The number of benzene rings is 3. The molecule has 1 saturated heterocycles. The van der Waals surface area contributed by atoms with E-state index >= 15 is 0 Å². The second kappa shape index (κ2) is 11.0. The summed E-state index contributed by atoms with van der Waals surface area (Å²) in [6.07, 6.45) is 0.629. The summed E-state index contributed by atoms with van der Waals surface area (Å²) in [5.41, 5.74) is 2.03. The van der Waals surface area contributed by atoms with Crippen molar-refractivity contribution in [3.05, 3.63) is 84.4 Å². The van der Waals surface area contributed by atoms with Crippen LogP contribution in [0.3, 0.4) is 0 Å². The van der Waals surface area contributed by atoms with Crippen molar-refractivity contribution in [2.75, 3.05) is 17.3 Å². The molecule has 1 heterocycles. The zero-order chi connectivity index (χ0) is 25.7. The Morgan fingerprint density at radius 3 is 2.31 bits per heavy atom. The van der Waals surface area contributed by atoms with Crippen LogP contribution in [0.1, 0.15) is 18.9 Å². The second-order valence-corrected chi connectivity index (χ2v) is 10.7. The lowest BCUT2D eigenvalue weighted by Crippen LogP contribution is -2.33. The Morgan fingerprint density at radius 1 is 1.03 bits per heavy atom. The lowest BCUT2D eigenvalue weighted by atomic mass is 10.2. The highest BCUT2D eigenvalue weighted by molar-refractivity contribution is 8.16. The zero-order valence-electron chi connectivity index (χ0n) is 19.7. The molecule has 0 aliphatic carbocycles. The molecular weight excluding hydrogens is 498 g/mol. The molecule has 36 heavy (non-hydrogen) atoms. The molecule has 0 spiro atoms. The normalized spacial score (nSPS) is 16.8. The Bertz CT molecular complexity index is 1370. The van der Waals surface area contributed by atoms with Crippen LogP contribution in [-0.2, 0) is 26.0 Å². The number of aryl methyl sites for hydroxylation is 1. The van der Waals surface area contributed by atoms with Gasteiger partial charge in [-0.2, -0.15) is 8.42 Å². The van der Waals surface area contributed by atoms with E-state index in [1.54, 1.807) is 73.8 Å². The standard InChI is InChI=1S/C26H25N3O5S2/c1-3-18-9-15-22(16-10-18)36(32,33)28-26-29(20-7-5-4-6-8-20)25(31)23(35-26)17-24(30)27-19-11-13-21(34-2)14-12-19/h4-16,23H,3,17H2,1-2H3,(H,27,30). The average Bonchev–Trinajstić information content (AvgIpc) is 3.18. The van der Waals surface area contributed by atoms with Gasteiger partial charge < -0.3 is 10.1 Å². The van der Waals surface area contributed by atoms with Crippen LogP contribution < -0.4 is 15.0 Å². The van der Waals surface area contributed by atoms with Crippen LogP contribution in [0.15, 0.2) is 88.2 Å². The van der Waals surface area contributed by atoms with Crippen molar-refractivity contribution in [3.8, 4) is 5.75 Å². The number of hydrogen-bond acceptors (Lipinski definition) is 6. The summed E-state index contributed by atoms with van der Waals surface area (Å²) in [5.74, 6) is -0.135. The molecule has 1 unspecified atom stereocenters. The zero-order valence-corrected chi connectivity index (χ0v) is 21.4. The van der Waals surface area contributed by atoms with Crippen molar-refractivity contribution in [1.29, 1.82) is 0 Å². The number of ether oxygens (including phenoxy) is 1. The van der Waals surface area contributed by atoms with Gasteiger partial charge in [-0.1, -0.05) is 49.0 Å². The highest BCUT2D eigenvalue weighted by Crippen LogP contribution is 2.35. The largest absolute Gasteiger partial charge is 0.497 e. The van der Waals surface area contributed by atoms with Crippen molar-refractivity contribution in [2.45, 2.75) is 29.9 Å². The Morgan fingerprint density at radius 2 is 1.69 bits per heavy atom. The summed E-state index contributed by atoms with van der Waals surface area (Å²) >= 11 is 0.962. The number of sulfonamides is 1. The van der Waals surface area contributed by atoms with Crippen molar-refractivity contribution < 1.29 is 22.7 Å². The SMILES string of the molecule is CCc1ccc(S(=O)(=O)N=C2SC(CC(=O)Nc3ccc(OC)cc3)C(=O)N2c2ccccc2)cc1. The highest BCUT2D eigenvalue weighted by atomic mass is 32.2. The number of carbonyl (C=O) groups is 2. The maximum absolute atomic E-state index is 13.3. The molecule has 1 fully saturated rings. The molecule has 3 aromatic carbocycles. The van der Waals surface area contributed by atoms with Gasteiger partial charge in [-0.15, -0.1) is 4.40 Å². The van der Waals surface area contributed by atoms with E-state index < -0.39 is 21.2 Å². The van der Waals surface area contributed by atoms with E-state index in [0.717, 1.165) is 23.7 Å². The van der Waals surface area contributed by atoms with Gasteiger partial charge in [0.25, 0.3) is 10.0 Å². The Kier molecular flexibility index (Phi) is 7.76. The number of thioether (sulfide) groups is 1. The van der Waals surface area contributed by atoms with Crippen LogP contribution in [0.4, 0.5) is 11.4 Å². The smallest absolute Gasteiger partial charge is 0.284 e. The Hall–Kier alpha value is -3.63. The first-order chi connectivity index (χ1) is 17.3. The molecule has 1 N–H and O–H groups in total. The quantitative estimate of drug-likeness (QED) is 0.467. The number of nitrogens with one attached hydrogen (secondary N) is 1. The van der Waals surface area contributed by atoms with Crippen LogP contribution in [-0.4, -0.2) is 37.8 Å². The van der Waals surface area contributed by atoms with Gasteiger partial charge in [0.05, 0.1) is 17.7 Å². The van der Waals surface area contributed by atoms with E-state index in [-0.39, 0.29) is 22.4 Å². The third kappa shape index (κ3) is 5.77. The van der Waals surface area contributed by atoms with Crippen LogP contribution >= 0.6 is 11.8 Å². The van der Waals surface area contributed by atoms with Crippen LogP contribution in [0.25, 0.3) is 0 Å². The van der Waals surface area contributed by atoms with Crippen molar-refractivity contribution in [3.63, 3.8) is 0 Å². The van der Waals surface area contributed by atoms with E-state index in [2.05, 4.69) is 9.71 Å². The first-order valence-electron chi connectivity index (χ1n) is 11.2. The number of para-hydroxylation sites is 1. The summed E-state index contributed by atoms with van der Waals surface area (Å²) in [6.45, 7) is 1.98. The van der Waals surface area contributed by atoms with E-state index in [1.807, 2.05) is 6.92 Å². The van der Waals surface area contributed by atoms with Gasteiger partial charge in [0.1, 0.15) is 11.0 Å². The third-order valence-corrected chi connectivity index (χ3v) is 8.06. The predicted octanol–water partition coefficient (Wildman–Crippen LogP) is 4.48. The Balaban J connectivity index is 1.59. The minimum atomic E-state index is -4.08. The first-order valence-corrected chi connectivity index (χ1v) is 13.6. The molecule has 0 saturated carbocycles. The number of nitrogens with zero attached hydrogens (tertiary/aromatic N) is 2. The molecule has 8 nitrogen and oxygen atoms in total. The van der Waals surface area contributed by atoms with E-state index in [0.29, 0.717) is 17.1 Å². The lowest BCUT2D eigenvalue weighted by Gasteiger charge is -2.16. The van der Waals surface area contributed by atoms with Crippen molar-refractivity contribution >= 4 is 50.1 Å². The van der Waals surface area contributed by atoms with Gasteiger partial charge >= 0.3 is 0 Å². The number of anilines is 2. The third-order valence-electron chi connectivity index (χ3n) is 5.52. The molecule has 0 bridgehead atoms. The molecule has 0 radical (unpaired) electrons. The summed E-state index contributed by atoms with van der Waals surface area (Å²) in [5, 5.41) is 1.93. The minimum absolute atomic E-state index is 0.00742. The number of carbonyl (C=O) groups excluding carboxylic acids is 2. The second-order valence-electron chi connectivity index (χ2n) is 7.94. The molecule has 1 atom stereocenters. The molecule has 2 amide bonds. The number of hydrogen-bond donors (Lipinski definition) is 1. The number of amidine groups is 1. The topological polar surface area (TPSA) is 105 Å². The van der Waals surface area contributed by atoms with Gasteiger partial charge in [0.2, 0.25) is 11.8 Å². The molecule has 1 aliphatic rings. The van der Waals surface area contributed by atoms with Gasteiger partial charge in [-0.05, 0) is 60.5 Å². The molecular formula is C26H25N3O5S2. The fourth-order valence-electron chi connectivity index (χ4n) is 3.58. The number of rotatable bonds is 8. The summed E-state index contributed by atoms with van der Waals surface area (Å²) in [4.78, 5) is 27.3. The van der Waals surface area contributed by atoms with Gasteiger partial charge in [-0.25, -0.2) is 0 Å². The fraction of sp³-hybridized carbons (Fsp3) is 0.192. The number of methoxy groups -OCH3 is 1. The molecule has 0 aromatic heterocycles. The lowest BCUT2D eigenvalue weighted by molar-refractivity contribution is -0.121. The van der Waals surface area contributed by atoms with Gasteiger partial charge in [0.15, 0.2) is 5.17 Å². The van der Waals surface area contributed by atoms with Gasteiger partial charge in [0, 0.05) is 12.1 Å². The molecule has 1 aliphatic heterocycles. The van der Waals surface area contributed by atoms with Crippen molar-refractivity contribution in [1.82, 2.24) is 0 Å². The first kappa shape index (κ1) is 25.5. The average molecular weight is 524 g/mol. The van der Waals surface area contributed by atoms with Crippen molar-refractivity contribution in [2.24, 2.45) is 4.40 Å². The van der Waals surface area contributed by atoms with Crippen LogP contribution in [0.2, 0.25) is 0 Å². The maximum atomic E-state index is 13.3.